The molecule has 8 heteroatoms. The summed E-state index contributed by atoms with van der Waals surface area (Å²) < 4.78 is 17.4. The van der Waals surface area contributed by atoms with Gasteiger partial charge in [-0.1, -0.05) is 0 Å². The summed E-state index contributed by atoms with van der Waals surface area (Å²) in [5, 5.41) is 0. The van der Waals surface area contributed by atoms with Gasteiger partial charge in [0.15, 0.2) is 5.65 Å². The van der Waals surface area contributed by atoms with E-state index in [9.17, 15) is 0 Å². The van der Waals surface area contributed by atoms with Crippen LogP contribution in [0.5, 0.6) is 0 Å². The van der Waals surface area contributed by atoms with Gasteiger partial charge >= 0.3 is 0 Å². The second-order valence-corrected chi connectivity index (χ2v) is 9.15. The Morgan fingerprint density at radius 2 is 1.79 bits per heavy atom. The molecule has 2 fully saturated rings. The zero-order valence-corrected chi connectivity index (χ0v) is 18.7. The summed E-state index contributed by atoms with van der Waals surface area (Å²) in [6, 6.07) is 13.8. The van der Waals surface area contributed by atoms with Crippen molar-refractivity contribution in [1.29, 1.82) is 0 Å². The van der Waals surface area contributed by atoms with E-state index in [4.69, 9.17) is 10.7 Å². The third-order valence-electron chi connectivity index (χ3n) is 6.88. The predicted octanol–water partition coefficient (Wildman–Crippen LogP) is 3.80. The summed E-state index contributed by atoms with van der Waals surface area (Å²) in [4.78, 5) is 18.2. The first-order valence-electron chi connectivity index (χ1n) is 11.3. The molecule has 2 aliphatic rings. The van der Waals surface area contributed by atoms with Crippen molar-refractivity contribution in [2.75, 3.05) is 30.8 Å². The maximum Gasteiger partial charge on any atom is 0.165 e. The number of pyridine rings is 2. The molecule has 0 aliphatic carbocycles. The first kappa shape index (κ1) is 20.1. The molecule has 0 radical (unpaired) electrons. The zero-order valence-electron chi connectivity index (χ0n) is 18.7. The van der Waals surface area contributed by atoms with E-state index in [-0.39, 0.29) is 5.82 Å². The average Bonchev–Trinajstić information content (AvgIpc) is 3.25. The number of piperazine rings is 1. The SMILES string of the molecule is Cc1nc2ccc(-c3ccnc(N)c3)nc2n1-c1ccc(N2C3CCC2CN(C)C3)c(F)c1. The van der Waals surface area contributed by atoms with Gasteiger partial charge in [0.25, 0.3) is 0 Å². The van der Waals surface area contributed by atoms with E-state index < -0.39 is 0 Å². The van der Waals surface area contributed by atoms with Crippen molar-refractivity contribution < 1.29 is 4.39 Å². The molecule has 2 bridgehead atoms. The molecule has 6 rings (SSSR count). The van der Waals surface area contributed by atoms with Crippen LogP contribution in [0.3, 0.4) is 0 Å². The number of halogens is 1. The van der Waals surface area contributed by atoms with E-state index >= 15 is 4.39 Å². The van der Waals surface area contributed by atoms with Crippen LogP contribution in [0.25, 0.3) is 28.1 Å². The number of rotatable bonds is 3. The molecule has 0 spiro atoms. The van der Waals surface area contributed by atoms with Crippen molar-refractivity contribution >= 4 is 22.7 Å². The van der Waals surface area contributed by atoms with Gasteiger partial charge in [0.05, 0.1) is 17.1 Å². The highest BCUT2D eigenvalue weighted by Gasteiger charge is 2.39. The smallest absolute Gasteiger partial charge is 0.165 e. The first-order chi connectivity index (χ1) is 16.0. The van der Waals surface area contributed by atoms with Crippen LogP contribution in [0.1, 0.15) is 18.7 Å². The molecular formula is C25H26FN7. The lowest BCUT2D eigenvalue weighted by atomic mass is 10.1. The Bertz CT molecular complexity index is 1350. The van der Waals surface area contributed by atoms with Crippen LogP contribution in [0, 0.1) is 12.7 Å². The molecule has 3 aromatic heterocycles. The Hall–Kier alpha value is -3.52. The quantitative estimate of drug-likeness (QED) is 0.519. The number of hydrogen-bond acceptors (Lipinski definition) is 6. The lowest BCUT2D eigenvalue weighted by molar-refractivity contribution is 0.263. The van der Waals surface area contributed by atoms with Gasteiger partial charge in [-0.15, -0.1) is 0 Å². The fourth-order valence-electron chi connectivity index (χ4n) is 5.50. The van der Waals surface area contributed by atoms with Crippen LogP contribution in [0.2, 0.25) is 0 Å². The summed E-state index contributed by atoms with van der Waals surface area (Å²) in [6.45, 7) is 3.88. The summed E-state index contributed by atoms with van der Waals surface area (Å²) in [5.74, 6) is 0.999. The van der Waals surface area contributed by atoms with Gasteiger partial charge in [-0.2, -0.15) is 0 Å². The monoisotopic (exact) mass is 443 g/mol. The molecule has 2 aliphatic heterocycles. The number of likely N-dealkylation sites (N-methyl/N-ethyl adjacent to an activating group) is 1. The Morgan fingerprint density at radius 1 is 1.00 bits per heavy atom. The van der Waals surface area contributed by atoms with Crippen LogP contribution in [-0.2, 0) is 0 Å². The highest BCUT2D eigenvalue weighted by atomic mass is 19.1. The minimum absolute atomic E-state index is 0.201. The average molecular weight is 444 g/mol. The number of aromatic nitrogens is 4. The number of nitrogens with two attached hydrogens (primary N) is 1. The lowest BCUT2D eigenvalue weighted by Gasteiger charge is -2.41. The molecule has 0 saturated carbocycles. The van der Waals surface area contributed by atoms with Crippen molar-refractivity contribution in [3.8, 4) is 16.9 Å². The van der Waals surface area contributed by atoms with Crippen molar-refractivity contribution in [2.45, 2.75) is 31.8 Å². The van der Waals surface area contributed by atoms with Gasteiger partial charge in [-0.3, -0.25) is 4.57 Å². The topological polar surface area (TPSA) is 76.1 Å². The summed E-state index contributed by atoms with van der Waals surface area (Å²) in [5.41, 5.74) is 10.4. The van der Waals surface area contributed by atoms with Crippen molar-refractivity contribution in [1.82, 2.24) is 24.4 Å². The standard InChI is InChI=1S/C25H26FN7/c1-15-29-22-7-6-21(16-9-10-28-24(27)11-16)30-25(22)32(15)17-5-8-23(20(26)12-17)33-18-3-4-19(33)14-31(2)13-18/h5-12,18-19H,3-4,13-14H2,1-2H3,(H2,27,28). The van der Waals surface area contributed by atoms with Crippen LogP contribution in [0.4, 0.5) is 15.9 Å². The molecule has 2 atom stereocenters. The maximum atomic E-state index is 15.5. The van der Waals surface area contributed by atoms with Crippen LogP contribution < -0.4 is 10.6 Å². The Labute approximate surface area is 191 Å². The minimum atomic E-state index is -0.201. The van der Waals surface area contributed by atoms with Gasteiger partial charge in [0.1, 0.15) is 23.0 Å². The highest BCUT2D eigenvalue weighted by molar-refractivity contribution is 5.78. The molecule has 33 heavy (non-hydrogen) atoms. The molecule has 2 unspecified atom stereocenters. The molecular weight excluding hydrogens is 417 g/mol. The Morgan fingerprint density at radius 3 is 2.52 bits per heavy atom. The highest BCUT2D eigenvalue weighted by Crippen LogP contribution is 2.37. The zero-order chi connectivity index (χ0) is 22.7. The van der Waals surface area contributed by atoms with E-state index in [0.29, 0.717) is 29.2 Å². The van der Waals surface area contributed by atoms with Crippen molar-refractivity contribution in [3.05, 3.63) is 60.3 Å². The second kappa shape index (κ2) is 7.52. The molecule has 168 valence electrons. The fraction of sp³-hybridized carbons (Fsp3) is 0.320. The number of anilines is 2. The normalized spacial score (nSPS) is 20.6. The number of nitrogens with zero attached hydrogens (tertiary/aromatic N) is 6. The van der Waals surface area contributed by atoms with Crippen LogP contribution in [0.15, 0.2) is 48.7 Å². The number of aryl methyl sites for hydroxylation is 1. The molecule has 7 nitrogen and oxygen atoms in total. The molecule has 2 saturated heterocycles. The maximum absolute atomic E-state index is 15.5. The third kappa shape index (κ3) is 3.33. The second-order valence-electron chi connectivity index (χ2n) is 9.15. The number of nitrogen functional groups attached to an aromatic ring is 1. The Kier molecular flexibility index (Phi) is 4.58. The summed E-state index contributed by atoms with van der Waals surface area (Å²) in [7, 11) is 2.15. The predicted molar refractivity (Wildman–Crippen MR) is 128 cm³/mol. The first-order valence-corrected chi connectivity index (χ1v) is 11.3. The van der Waals surface area contributed by atoms with Gasteiger partial charge in [0, 0.05) is 43.0 Å². The Balaban J connectivity index is 1.41. The molecule has 2 N–H and O–H groups in total. The van der Waals surface area contributed by atoms with Crippen molar-refractivity contribution in [2.24, 2.45) is 0 Å². The minimum Gasteiger partial charge on any atom is -0.384 e. The van der Waals surface area contributed by atoms with Gasteiger partial charge in [-0.25, -0.2) is 19.3 Å². The van der Waals surface area contributed by atoms with Crippen molar-refractivity contribution in [3.63, 3.8) is 0 Å². The molecule has 0 amide bonds. The number of imidazole rings is 1. The van der Waals surface area contributed by atoms with Gasteiger partial charge in [0.2, 0.25) is 0 Å². The number of likely N-dealkylation sites (tertiary alicyclic amines) is 1. The van der Waals surface area contributed by atoms with E-state index in [1.807, 2.05) is 41.8 Å². The number of fused-ring (bicyclic) bond motifs is 3. The van der Waals surface area contributed by atoms with Crippen LogP contribution in [-0.4, -0.2) is 56.6 Å². The molecule has 5 heterocycles. The number of benzene rings is 1. The summed E-state index contributed by atoms with van der Waals surface area (Å²) >= 11 is 0. The third-order valence-corrected chi connectivity index (χ3v) is 6.88. The van der Waals surface area contributed by atoms with Gasteiger partial charge < -0.3 is 15.5 Å². The molecule has 1 aromatic carbocycles. The largest absolute Gasteiger partial charge is 0.384 e. The van der Waals surface area contributed by atoms with Crippen LogP contribution >= 0.6 is 0 Å². The summed E-state index contributed by atoms with van der Waals surface area (Å²) in [6.07, 6.45) is 3.90. The molecule has 4 aromatic rings. The van der Waals surface area contributed by atoms with E-state index in [1.165, 1.54) is 0 Å². The van der Waals surface area contributed by atoms with E-state index in [1.54, 1.807) is 18.3 Å². The van der Waals surface area contributed by atoms with E-state index in [0.717, 1.165) is 54.2 Å². The van der Waals surface area contributed by atoms with Gasteiger partial charge in [-0.05, 0) is 63.2 Å². The van der Waals surface area contributed by atoms with E-state index in [2.05, 4.69) is 26.8 Å². The number of hydrogen-bond donors (Lipinski definition) is 1. The fourth-order valence-corrected chi connectivity index (χ4v) is 5.50. The lowest BCUT2D eigenvalue weighted by Crippen LogP contribution is -2.52.